The normalized spacial score (nSPS) is 12.3. The van der Waals surface area contributed by atoms with Crippen LogP contribution in [0.25, 0.3) is 0 Å². The molecular weight excluding hydrogens is 403 g/mol. The molecule has 30 heavy (non-hydrogen) atoms. The van der Waals surface area contributed by atoms with Gasteiger partial charge in [0.1, 0.15) is 0 Å². The Balaban J connectivity index is 1.81. The van der Waals surface area contributed by atoms with E-state index in [9.17, 15) is 14.5 Å². The highest BCUT2D eigenvalue weighted by Crippen LogP contribution is 2.60. The summed E-state index contributed by atoms with van der Waals surface area (Å²) in [6, 6.07) is 24.4. The predicted molar refractivity (Wildman–Crippen MR) is 113 cm³/mol. The predicted octanol–water partition coefficient (Wildman–Crippen LogP) is 5.09. The van der Waals surface area contributed by atoms with Crippen LogP contribution in [0.1, 0.15) is 32.9 Å². The first kappa shape index (κ1) is 21.9. The summed E-state index contributed by atoms with van der Waals surface area (Å²) >= 11 is 0. The van der Waals surface area contributed by atoms with Crippen LogP contribution in [0.2, 0.25) is 0 Å². The van der Waals surface area contributed by atoms with Crippen LogP contribution < -0.4 is 0 Å². The van der Waals surface area contributed by atoms with Crippen molar-refractivity contribution in [2.24, 2.45) is 0 Å². The van der Waals surface area contributed by atoms with Crippen LogP contribution in [0.3, 0.4) is 0 Å². The Labute approximate surface area is 175 Å². The Kier molecular flexibility index (Phi) is 7.55. The van der Waals surface area contributed by atoms with E-state index >= 15 is 0 Å². The fraction of sp³-hybridized carbons (Fsp3) is 0.174. The molecule has 0 aromatic heterocycles. The molecule has 0 spiro atoms. The molecular formula is C23H23O6P. The third-order valence-electron chi connectivity index (χ3n) is 4.44. The smallest absolute Gasteiger partial charge is 0.364 e. The van der Waals surface area contributed by atoms with E-state index < -0.39 is 19.4 Å². The molecule has 0 amide bonds. The van der Waals surface area contributed by atoms with Gasteiger partial charge in [-0.25, -0.2) is 4.79 Å². The number of benzene rings is 3. The molecule has 0 heterocycles. The highest BCUT2D eigenvalue weighted by molar-refractivity contribution is 7.54. The van der Waals surface area contributed by atoms with E-state index in [2.05, 4.69) is 4.74 Å². The highest BCUT2D eigenvalue weighted by atomic mass is 31.2. The van der Waals surface area contributed by atoms with Gasteiger partial charge in [-0.3, -0.25) is 4.57 Å². The molecule has 0 aliphatic heterocycles. The van der Waals surface area contributed by atoms with Crippen molar-refractivity contribution in [3.63, 3.8) is 0 Å². The third kappa shape index (κ3) is 5.65. The lowest BCUT2D eigenvalue weighted by Crippen LogP contribution is -2.08. The second-order valence-corrected chi connectivity index (χ2v) is 8.63. The topological polar surface area (TPSA) is 82.1 Å². The number of carbonyl (C=O) groups excluding carboxylic acids is 1. The third-order valence-corrected chi connectivity index (χ3v) is 6.31. The van der Waals surface area contributed by atoms with Crippen molar-refractivity contribution >= 4 is 13.6 Å². The van der Waals surface area contributed by atoms with Gasteiger partial charge in [-0.2, -0.15) is 0 Å². The number of aliphatic hydroxyl groups excluding tert-OH is 1. The lowest BCUT2D eigenvalue weighted by atomic mass is 10.1. The summed E-state index contributed by atoms with van der Waals surface area (Å²) in [5.41, 5.74) is 2.23. The first-order valence-electron chi connectivity index (χ1n) is 9.35. The van der Waals surface area contributed by atoms with Gasteiger partial charge in [-0.1, -0.05) is 72.8 Å². The zero-order chi connectivity index (χ0) is 21.4. The van der Waals surface area contributed by atoms with Crippen LogP contribution in [-0.4, -0.2) is 18.2 Å². The molecule has 3 aromatic rings. The SMILES string of the molecule is COC(=O)c1ccc(C(O)P(=O)(OCc2ccccc2)OCc2ccccc2)cc1. The average Bonchev–Trinajstić information content (AvgIpc) is 2.82. The summed E-state index contributed by atoms with van der Waals surface area (Å²) in [7, 11) is -2.68. The lowest BCUT2D eigenvalue weighted by molar-refractivity contribution is 0.0600. The number of esters is 1. The minimum atomic E-state index is -3.97. The zero-order valence-corrected chi connectivity index (χ0v) is 17.4. The molecule has 1 atom stereocenters. The van der Waals surface area contributed by atoms with Crippen LogP contribution in [-0.2, 0) is 31.6 Å². The molecule has 0 saturated heterocycles. The van der Waals surface area contributed by atoms with Crippen LogP contribution in [0.5, 0.6) is 0 Å². The summed E-state index contributed by atoms with van der Waals surface area (Å²) in [5, 5.41) is 10.9. The number of rotatable bonds is 9. The first-order chi connectivity index (χ1) is 14.5. The molecule has 3 rings (SSSR count). The van der Waals surface area contributed by atoms with E-state index in [0.717, 1.165) is 11.1 Å². The van der Waals surface area contributed by atoms with Crippen molar-refractivity contribution in [3.8, 4) is 0 Å². The van der Waals surface area contributed by atoms with Crippen LogP contribution >= 0.6 is 7.60 Å². The molecule has 1 N–H and O–H groups in total. The minimum Gasteiger partial charge on any atom is -0.465 e. The summed E-state index contributed by atoms with van der Waals surface area (Å²) in [6.45, 7) is 0.0361. The van der Waals surface area contributed by atoms with Crippen molar-refractivity contribution in [1.82, 2.24) is 0 Å². The van der Waals surface area contributed by atoms with Crippen molar-refractivity contribution < 1.29 is 28.3 Å². The molecule has 0 saturated carbocycles. The standard InChI is InChI=1S/C23H23O6P/c1-27-22(24)20-12-14-21(15-13-20)23(25)30(26,28-16-18-8-4-2-5-9-18)29-17-19-10-6-3-7-11-19/h2-15,23,25H,16-17H2,1H3. The van der Waals surface area contributed by atoms with Gasteiger partial charge in [0.2, 0.25) is 0 Å². The van der Waals surface area contributed by atoms with E-state index in [0.29, 0.717) is 11.1 Å². The van der Waals surface area contributed by atoms with Crippen molar-refractivity contribution in [2.75, 3.05) is 7.11 Å². The van der Waals surface area contributed by atoms with Gasteiger partial charge in [0.25, 0.3) is 0 Å². The Morgan fingerprint density at radius 3 is 1.73 bits per heavy atom. The van der Waals surface area contributed by atoms with Gasteiger partial charge in [-0.05, 0) is 28.8 Å². The molecule has 1 unspecified atom stereocenters. The first-order valence-corrected chi connectivity index (χ1v) is 11.0. The average molecular weight is 426 g/mol. The highest BCUT2D eigenvalue weighted by Gasteiger charge is 2.36. The number of methoxy groups -OCH3 is 1. The van der Waals surface area contributed by atoms with Gasteiger partial charge in [-0.15, -0.1) is 0 Å². The maximum absolute atomic E-state index is 13.5. The second-order valence-electron chi connectivity index (χ2n) is 6.55. The summed E-state index contributed by atoms with van der Waals surface area (Å²) in [4.78, 5) is 11.6. The summed E-state index contributed by atoms with van der Waals surface area (Å²) in [6.07, 6.45) is 0. The van der Waals surface area contributed by atoms with E-state index in [1.54, 1.807) is 0 Å². The molecule has 0 radical (unpaired) electrons. The van der Waals surface area contributed by atoms with Gasteiger partial charge in [0.05, 0.1) is 25.9 Å². The Hall–Kier alpha value is -2.76. The van der Waals surface area contributed by atoms with Crippen LogP contribution in [0.4, 0.5) is 0 Å². The summed E-state index contributed by atoms with van der Waals surface area (Å²) < 4.78 is 29.5. The molecule has 7 heteroatoms. The molecule has 0 aliphatic rings. The zero-order valence-electron chi connectivity index (χ0n) is 16.5. The maximum Gasteiger partial charge on any atom is 0.364 e. The molecule has 0 bridgehead atoms. The van der Waals surface area contributed by atoms with E-state index in [1.165, 1.54) is 31.4 Å². The van der Waals surface area contributed by atoms with Crippen molar-refractivity contribution in [3.05, 3.63) is 107 Å². The van der Waals surface area contributed by atoms with E-state index in [-0.39, 0.29) is 13.2 Å². The summed E-state index contributed by atoms with van der Waals surface area (Å²) in [5.74, 6) is -2.02. The fourth-order valence-electron chi connectivity index (χ4n) is 2.75. The van der Waals surface area contributed by atoms with Gasteiger partial charge in [0.15, 0.2) is 5.85 Å². The number of ether oxygens (including phenoxy) is 1. The van der Waals surface area contributed by atoms with Gasteiger partial charge < -0.3 is 18.9 Å². The Morgan fingerprint density at radius 1 is 0.833 bits per heavy atom. The van der Waals surface area contributed by atoms with E-state index in [1.807, 2.05) is 60.7 Å². The molecule has 6 nitrogen and oxygen atoms in total. The quantitative estimate of drug-likeness (QED) is 0.379. The molecule has 0 aliphatic carbocycles. The second kappa shape index (κ2) is 10.3. The molecule has 156 valence electrons. The fourth-order valence-corrected chi connectivity index (χ4v) is 4.30. The van der Waals surface area contributed by atoms with Crippen molar-refractivity contribution in [1.29, 1.82) is 0 Å². The maximum atomic E-state index is 13.5. The largest absolute Gasteiger partial charge is 0.465 e. The van der Waals surface area contributed by atoms with Gasteiger partial charge >= 0.3 is 13.6 Å². The number of hydrogen-bond donors (Lipinski definition) is 1. The number of hydrogen-bond acceptors (Lipinski definition) is 6. The minimum absolute atomic E-state index is 0.0181. The van der Waals surface area contributed by atoms with Crippen molar-refractivity contribution in [2.45, 2.75) is 19.1 Å². The van der Waals surface area contributed by atoms with Crippen LogP contribution in [0.15, 0.2) is 84.9 Å². The Morgan fingerprint density at radius 2 is 1.30 bits per heavy atom. The number of carbonyl (C=O) groups is 1. The Bertz CT molecular complexity index is 942. The van der Waals surface area contributed by atoms with Gasteiger partial charge in [0, 0.05) is 0 Å². The molecule has 0 fully saturated rings. The monoisotopic (exact) mass is 426 g/mol. The van der Waals surface area contributed by atoms with E-state index in [4.69, 9.17) is 9.05 Å². The lowest BCUT2D eigenvalue weighted by Gasteiger charge is -2.24. The number of aliphatic hydroxyl groups is 1. The molecule has 3 aromatic carbocycles. The van der Waals surface area contributed by atoms with Crippen LogP contribution in [0, 0.1) is 0 Å².